The van der Waals surface area contributed by atoms with Crippen LogP contribution < -0.4 is 0 Å². The normalized spacial score (nSPS) is 12.4. The van der Waals surface area contributed by atoms with Gasteiger partial charge in [-0.05, 0) is 38.8 Å². The van der Waals surface area contributed by atoms with Crippen molar-refractivity contribution in [2.75, 3.05) is 14.2 Å². The van der Waals surface area contributed by atoms with Crippen molar-refractivity contribution in [2.24, 2.45) is 4.99 Å². The molecule has 28 heavy (non-hydrogen) atoms. The van der Waals surface area contributed by atoms with Crippen LogP contribution in [0.25, 0.3) is 0 Å². The van der Waals surface area contributed by atoms with Gasteiger partial charge in [0.15, 0.2) is 11.6 Å². The van der Waals surface area contributed by atoms with Gasteiger partial charge in [-0.1, -0.05) is 29.8 Å². The molecular formula is C20H22ClNO6. The molecule has 1 aromatic rings. The molecule has 0 amide bonds. The Bertz CT molecular complexity index is 850. The third-order valence-electron chi connectivity index (χ3n) is 4.08. The van der Waals surface area contributed by atoms with Crippen LogP contribution in [0.15, 0.2) is 34.8 Å². The van der Waals surface area contributed by atoms with Gasteiger partial charge < -0.3 is 9.47 Å². The molecule has 0 heterocycles. The van der Waals surface area contributed by atoms with Crippen LogP contribution in [0.3, 0.4) is 0 Å². The van der Waals surface area contributed by atoms with Crippen molar-refractivity contribution in [1.29, 1.82) is 0 Å². The molecule has 1 aromatic carbocycles. The lowest BCUT2D eigenvalue weighted by atomic mass is 9.88. The minimum absolute atomic E-state index is 0.399. The predicted octanol–water partition coefficient (Wildman–Crippen LogP) is 2.80. The fourth-order valence-corrected chi connectivity index (χ4v) is 2.65. The van der Waals surface area contributed by atoms with Gasteiger partial charge in [-0.25, -0.2) is 14.6 Å². The van der Waals surface area contributed by atoms with Crippen LogP contribution >= 0.6 is 11.6 Å². The summed E-state index contributed by atoms with van der Waals surface area (Å²) in [7, 11) is 2.20. The first-order valence-corrected chi connectivity index (χ1v) is 8.63. The van der Waals surface area contributed by atoms with Crippen molar-refractivity contribution in [2.45, 2.75) is 32.6 Å². The van der Waals surface area contributed by atoms with E-state index in [2.05, 4.69) is 9.73 Å². The molecule has 0 N–H and O–H groups in total. The summed E-state index contributed by atoms with van der Waals surface area (Å²) in [6, 6.07) is 5.34. The van der Waals surface area contributed by atoms with E-state index in [0.717, 1.165) is 34.1 Å². The number of carbonyl (C=O) groups is 4. The van der Waals surface area contributed by atoms with Crippen LogP contribution in [-0.4, -0.2) is 48.3 Å². The average Bonchev–Trinajstić information content (AvgIpc) is 2.64. The molecule has 0 radical (unpaired) electrons. The number of methoxy groups -OCH3 is 2. The number of ether oxygens (including phenoxy) is 2. The van der Waals surface area contributed by atoms with E-state index in [1.165, 1.54) is 0 Å². The predicted molar refractivity (Wildman–Crippen MR) is 105 cm³/mol. The van der Waals surface area contributed by atoms with Gasteiger partial charge in [-0.3, -0.25) is 9.59 Å². The quantitative estimate of drug-likeness (QED) is 0.226. The Labute approximate surface area is 168 Å². The zero-order valence-electron chi connectivity index (χ0n) is 16.6. The summed E-state index contributed by atoms with van der Waals surface area (Å²) in [6.07, 6.45) is 0.793. The van der Waals surface area contributed by atoms with Gasteiger partial charge in [0.2, 0.25) is 4.87 Å². The highest BCUT2D eigenvalue weighted by molar-refractivity contribution is 6.62. The lowest BCUT2D eigenvalue weighted by Crippen LogP contribution is -2.48. The maximum atomic E-state index is 12.4. The van der Waals surface area contributed by atoms with Gasteiger partial charge in [0.05, 0.1) is 31.2 Å². The topological polar surface area (TPSA) is 99.1 Å². The third-order valence-corrected chi connectivity index (χ3v) is 4.79. The maximum Gasteiger partial charge on any atom is 0.340 e. The van der Waals surface area contributed by atoms with Crippen LogP contribution in [0.1, 0.15) is 25.0 Å². The number of hydrogen-bond acceptors (Lipinski definition) is 7. The summed E-state index contributed by atoms with van der Waals surface area (Å²) < 4.78 is 9.28. The zero-order valence-corrected chi connectivity index (χ0v) is 17.3. The highest BCUT2D eigenvalue weighted by atomic mass is 35.5. The van der Waals surface area contributed by atoms with Gasteiger partial charge in [-0.2, -0.15) is 0 Å². The highest BCUT2D eigenvalue weighted by Crippen LogP contribution is 2.31. The maximum absolute atomic E-state index is 12.4. The molecule has 8 heteroatoms. The van der Waals surface area contributed by atoms with Crippen molar-refractivity contribution < 1.29 is 28.7 Å². The molecule has 0 saturated carbocycles. The molecule has 0 saturated heterocycles. The van der Waals surface area contributed by atoms with E-state index in [9.17, 15) is 19.2 Å². The summed E-state index contributed by atoms with van der Waals surface area (Å²) in [5.41, 5.74) is 0.989. The highest BCUT2D eigenvalue weighted by Gasteiger charge is 2.47. The van der Waals surface area contributed by atoms with Gasteiger partial charge in [0.1, 0.15) is 0 Å². The minimum Gasteiger partial charge on any atom is -0.466 e. The lowest BCUT2D eigenvalue weighted by molar-refractivity contribution is -0.138. The molecule has 0 unspecified atom stereocenters. The van der Waals surface area contributed by atoms with Gasteiger partial charge >= 0.3 is 11.9 Å². The number of benzene rings is 1. The Hall–Kier alpha value is -2.80. The number of rotatable bonds is 7. The van der Waals surface area contributed by atoms with Crippen molar-refractivity contribution in [3.05, 3.63) is 41.0 Å². The molecule has 0 aromatic heterocycles. The largest absolute Gasteiger partial charge is 0.466 e. The molecule has 150 valence electrons. The second kappa shape index (κ2) is 9.41. The van der Waals surface area contributed by atoms with E-state index in [-0.39, 0.29) is 0 Å². The average molecular weight is 408 g/mol. The molecule has 7 nitrogen and oxygen atoms in total. The first kappa shape index (κ1) is 23.2. The number of esters is 2. The molecule has 0 aliphatic rings. The summed E-state index contributed by atoms with van der Waals surface area (Å²) in [6.45, 7) is 5.73. The molecule has 0 aliphatic heterocycles. The Morgan fingerprint density at radius 3 is 1.89 bits per heavy atom. The van der Waals surface area contributed by atoms with Crippen molar-refractivity contribution in [3.63, 3.8) is 0 Å². The number of Topliss-reactive ketones (excluding diaryl/α,β-unsaturated/α-hetero) is 2. The molecule has 0 aliphatic carbocycles. The SMILES string of the molecule is COC(=O)/C=C(/C(=O)OC)C(=Nc1c(C)cccc1C)C(Cl)(C(C)=O)C(C)=O. The third kappa shape index (κ3) is 4.72. The van der Waals surface area contributed by atoms with Crippen LogP contribution in [0.4, 0.5) is 5.69 Å². The Morgan fingerprint density at radius 2 is 1.50 bits per heavy atom. The summed E-state index contributed by atoms with van der Waals surface area (Å²) >= 11 is 6.42. The smallest absolute Gasteiger partial charge is 0.340 e. The Kier molecular flexibility index (Phi) is 7.81. The first-order chi connectivity index (χ1) is 13.0. The van der Waals surface area contributed by atoms with E-state index < -0.39 is 39.7 Å². The summed E-state index contributed by atoms with van der Waals surface area (Å²) in [5.74, 6) is -3.42. The van der Waals surface area contributed by atoms with Gasteiger partial charge in [-0.15, -0.1) is 0 Å². The van der Waals surface area contributed by atoms with E-state index in [4.69, 9.17) is 16.3 Å². The standard InChI is InChI=1S/C20H22ClNO6/c1-11-8-7-9-12(2)17(11)22-18(20(21,13(3)23)14(4)24)15(19(26)28-6)10-16(25)27-5/h7-10H,1-6H3/b15-10+,22-18?. The van der Waals surface area contributed by atoms with E-state index >= 15 is 0 Å². The molecule has 0 atom stereocenters. The molecule has 0 fully saturated rings. The zero-order chi connectivity index (χ0) is 21.6. The second-order valence-electron chi connectivity index (χ2n) is 6.04. The minimum atomic E-state index is -2.29. The molecule has 0 bridgehead atoms. The Morgan fingerprint density at radius 1 is 1.00 bits per heavy atom. The number of hydrogen-bond donors (Lipinski definition) is 0. The lowest BCUT2D eigenvalue weighted by Gasteiger charge is -2.25. The number of carbonyl (C=O) groups excluding carboxylic acids is 4. The number of alkyl halides is 1. The molecule has 1 rings (SSSR count). The van der Waals surface area contributed by atoms with Crippen LogP contribution in [0.5, 0.6) is 0 Å². The van der Waals surface area contributed by atoms with E-state index in [0.29, 0.717) is 16.8 Å². The van der Waals surface area contributed by atoms with Crippen molar-refractivity contribution >= 4 is 46.5 Å². The summed E-state index contributed by atoms with van der Waals surface area (Å²) in [5, 5.41) is 0. The fraction of sp³-hybridized carbons (Fsp3) is 0.350. The van der Waals surface area contributed by atoms with E-state index in [1.54, 1.807) is 32.0 Å². The van der Waals surface area contributed by atoms with Gasteiger partial charge in [0.25, 0.3) is 0 Å². The number of halogens is 1. The number of aryl methyl sites for hydroxylation is 2. The fourth-order valence-electron chi connectivity index (χ4n) is 2.51. The Balaban J connectivity index is 4.02. The monoisotopic (exact) mass is 407 g/mol. The van der Waals surface area contributed by atoms with Crippen LogP contribution in [-0.2, 0) is 28.7 Å². The van der Waals surface area contributed by atoms with Crippen molar-refractivity contribution in [3.8, 4) is 0 Å². The van der Waals surface area contributed by atoms with Crippen LogP contribution in [0, 0.1) is 13.8 Å². The second-order valence-corrected chi connectivity index (χ2v) is 6.61. The van der Waals surface area contributed by atoms with Crippen molar-refractivity contribution in [1.82, 2.24) is 0 Å². The van der Waals surface area contributed by atoms with Gasteiger partial charge in [0, 0.05) is 6.08 Å². The summed E-state index contributed by atoms with van der Waals surface area (Å²) in [4.78, 5) is 51.0. The number of ketones is 2. The van der Waals surface area contributed by atoms with Crippen LogP contribution in [0.2, 0.25) is 0 Å². The molecule has 0 spiro atoms. The number of nitrogens with zero attached hydrogens (tertiary/aromatic N) is 1. The van der Waals surface area contributed by atoms with E-state index in [1.807, 2.05) is 0 Å². The molecular weight excluding hydrogens is 386 g/mol. The number of aliphatic imine (C=N–C) groups is 1. The number of para-hydroxylation sites is 1. The first-order valence-electron chi connectivity index (χ1n) is 8.25.